The minimum Gasteiger partial charge on any atom is -0.324 e. The van der Waals surface area contributed by atoms with Crippen molar-refractivity contribution in [1.82, 2.24) is 9.97 Å². The molecule has 2 heterocycles. The number of H-pyrrole nitrogens is 1. The normalized spacial score (nSPS) is 11.2. The molecule has 19 heavy (non-hydrogen) atoms. The maximum absolute atomic E-state index is 13.1. The third-order valence-electron chi connectivity index (χ3n) is 2.73. The SMILES string of the molecule is Cc1c(Cl)sc(Cl)c1Nc1nc2ccc(F)cc2[nH]1. The lowest BCUT2D eigenvalue weighted by molar-refractivity contribution is 0.629. The fourth-order valence-corrected chi connectivity index (χ4v) is 3.34. The Kier molecular flexibility index (Phi) is 3.12. The van der Waals surface area contributed by atoms with Crippen molar-refractivity contribution in [3.8, 4) is 0 Å². The smallest absolute Gasteiger partial charge is 0.205 e. The summed E-state index contributed by atoms with van der Waals surface area (Å²) in [5, 5.41) is 3.08. The molecule has 0 unspecified atom stereocenters. The maximum Gasteiger partial charge on any atom is 0.205 e. The molecule has 98 valence electrons. The van der Waals surface area contributed by atoms with Crippen molar-refractivity contribution in [1.29, 1.82) is 0 Å². The van der Waals surface area contributed by atoms with Crippen LogP contribution < -0.4 is 5.32 Å². The number of rotatable bonds is 2. The van der Waals surface area contributed by atoms with Crippen LogP contribution in [0.2, 0.25) is 8.67 Å². The van der Waals surface area contributed by atoms with Crippen LogP contribution in [0.15, 0.2) is 18.2 Å². The monoisotopic (exact) mass is 315 g/mol. The van der Waals surface area contributed by atoms with Gasteiger partial charge in [-0.3, -0.25) is 0 Å². The molecule has 0 aliphatic rings. The first kappa shape index (κ1) is 12.7. The number of fused-ring (bicyclic) bond motifs is 1. The van der Waals surface area contributed by atoms with Crippen molar-refractivity contribution in [2.75, 3.05) is 5.32 Å². The average Bonchev–Trinajstić information content (AvgIpc) is 2.85. The molecule has 0 aliphatic heterocycles. The second-order valence-corrected chi connectivity index (χ2v) is 6.25. The zero-order valence-corrected chi connectivity index (χ0v) is 12.0. The Balaban J connectivity index is 2.01. The number of hydrogen-bond donors (Lipinski definition) is 2. The second-order valence-electron chi connectivity index (χ2n) is 4.02. The predicted octanol–water partition coefficient (Wildman–Crippen LogP) is 5.12. The topological polar surface area (TPSA) is 40.7 Å². The lowest BCUT2D eigenvalue weighted by Gasteiger charge is -2.02. The van der Waals surface area contributed by atoms with Crippen molar-refractivity contribution in [3.63, 3.8) is 0 Å². The van der Waals surface area contributed by atoms with E-state index < -0.39 is 0 Å². The summed E-state index contributed by atoms with van der Waals surface area (Å²) in [6, 6.07) is 4.37. The number of nitrogens with zero attached hydrogens (tertiary/aromatic N) is 1. The highest BCUT2D eigenvalue weighted by Gasteiger charge is 2.14. The number of benzene rings is 1. The van der Waals surface area contributed by atoms with Crippen molar-refractivity contribution in [2.45, 2.75) is 6.92 Å². The first-order valence-corrected chi connectivity index (χ1v) is 6.98. The largest absolute Gasteiger partial charge is 0.324 e. The van der Waals surface area contributed by atoms with Gasteiger partial charge in [-0.1, -0.05) is 23.2 Å². The van der Waals surface area contributed by atoms with E-state index >= 15 is 0 Å². The van der Waals surface area contributed by atoms with E-state index in [2.05, 4.69) is 15.3 Å². The van der Waals surface area contributed by atoms with Gasteiger partial charge in [0.1, 0.15) is 10.2 Å². The highest BCUT2D eigenvalue weighted by Crippen LogP contribution is 2.41. The lowest BCUT2D eigenvalue weighted by Crippen LogP contribution is -1.92. The van der Waals surface area contributed by atoms with Gasteiger partial charge in [0, 0.05) is 5.56 Å². The van der Waals surface area contributed by atoms with Crippen LogP contribution in [0.4, 0.5) is 16.0 Å². The Bertz CT molecular complexity index is 766. The van der Waals surface area contributed by atoms with Crippen molar-refractivity contribution < 1.29 is 4.39 Å². The summed E-state index contributed by atoms with van der Waals surface area (Å²) in [4.78, 5) is 7.30. The van der Waals surface area contributed by atoms with Crippen molar-refractivity contribution in [3.05, 3.63) is 38.3 Å². The highest BCUT2D eigenvalue weighted by atomic mass is 35.5. The van der Waals surface area contributed by atoms with E-state index in [-0.39, 0.29) is 5.82 Å². The minimum atomic E-state index is -0.310. The molecule has 0 saturated carbocycles. The molecule has 0 aliphatic carbocycles. The van der Waals surface area contributed by atoms with Crippen molar-refractivity contribution in [2.24, 2.45) is 0 Å². The molecule has 0 bridgehead atoms. The summed E-state index contributed by atoms with van der Waals surface area (Å²) in [6.07, 6.45) is 0. The first-order valence-electron chi connectivity index (χ1n) is 5.41. The molecule has 3 aromatic rings. The Morgan fingerprint density at radius 3 is 2.79 bits per heavy atom. The van der Waals surface area contributed by atoms with Crippen LogP contribution >= 0.6 is 34.5 Å². The molecule has 1 aromatic carbocycles. The van der Waals surface area contributed by atoms with E-state index in [0.717, 1.165) is 11.3 Å². The lowest BCUT2D eigenvalue weighted by atomic mass is 10.3. The van der Waals surface area contributed by atoms with Gasteiger partial charge in [0.05, 0.1) is 21.1 Å². The van der Waals surface area contributed by atoms with E-state index in [1.807, 2.05) is 6.92 Å². The summed E-state index contributed by atoms with van der Waals surface area (Å²) in [6.45, 7) is 1.87. The third-order valence-corrected chi connectivity index (χ3v) is 4.54. The number of thiophene rings is 1. The molecule has 0 spiro atoms. The molecule has 0 amide bonds. The summed E-state index contributed by atoms with van der Waals surface area (Å²) < 4.78 is 14.3. The van der Waals surface area contributed by atoms with Crippen LogP contribution in [0.1, 0.15) is 5.56 Å². The van der Waals surface area contributed by atoms with Gasteiger partial charge in [-0.15, -0.1) is 11.3 Å². The molecule has 0 fully saturated rings. The Morgan fingerprint density at radius 1 is 1.32 bits per heavy atom. The average molecular weight is 316 g/mol. The van der Waals surface area contributed by atoms with Gasteiger partial charge in [-0.25, -0.2) is 9.37 Å². The van der Waals surface area contributed by atoms with E-state index in [4.69, 9.17) is 23.2 Å². The van der Waals surface area contributed by atoms with Crippen LogP contribution in [0.3, 0.4) is 0 Å². The Hall–Kier alpha value is -1.30. The van der Waals surface area contributed by atoms with Gasteiger partial charge in [-0.05, 0) is 25.1 Å². The number of imidazole rings is 1. The predicted molar refractivity (Wildman–Crippen MR) is 78.4 cm³/mol. The molecule has 2 aromatic heterocycles. The van der Waals surface area contributed by atoms with Crippen LogP contribution in [0.5, 0.6) is 0 Å². The van der Waals surface area contributed by atoms with Gasteiger partial charge in [0.15, 0.2) is 0 Å². The number of anilines is 2. The van der Waals surface area contributed by atoms with Gasteiger partial charge < -0.3 is 10.3 Å². The van der Waals surface area contributed by atoms with Crippen LogP contribution in [0.25, 0.3) is 11.0 Å². The summed E-state index contributed by atoms with van der Waals surface area (Å²) in [5.41, 5.74) is 2.89. The Morgan fingerprint density at radius 2 is 2.11 bits per heavy atom. The van der Waals surface area contributed by atoms with Gasteiger partial charge in [0.25, 0.3) is 0 Å². The van der Waals surface area contributed by atoms with E-state index in [1.165, 1.54) is 23.5 Å². The molecule has 0 radical (unpaired) electrons. The van der Waals surface area contributed by atoms with E-state index in [9.17, 15) is 4.39 Å². The van der Waals surface area contributed by atoms with Gasteiger partial charge in [-0.2, -0.15) is 0 Å². The van der Waals surface area contributed by atoms with Crippen molar-refractivity contribution >= 4 is 57.2 Å². The number of halogens is 3. The zero-order chi connectivity index (χ0) is 13.6. The first-order chi connectivity index (χ1) is 9.04. The number of aromatic nitrogens is 2. The summed E-state index contributed by atoms with van der Waals surface area (Å²) in [5.74, 6) is 0.190. The zero-order valence-electron chi connectivity index (χ0n) is 9.72. The molecular weight excluding hydrogens is 308 g/mol. The van der Waals surface area contributed by atoms with E-state index in [0.29, 0.717) is 25.7 Å². The molecule has 0 atom stereocenters. The van der Waals surface area contributed by atoms with Gasteiger partial charge >= 0.3 is 0 Å². The third kappa shape index (κ3) is 2.29. The molecule has 0 saturated heterocycles. The van der Waals surface area contributed by atoms with Gasteiger partial charge in [0.2, 0.25) is 5.95 Å². The second kappa shape index (κ2) is 4.67. The minimum absolute atomic E-state index is 0.310. The van der Waals surface area contributed by atoms with E-state index in [1.54, 1.807) is 6.07 Å². The Labute approximate surface area is 122 Å². The number of nitrogens with one attached hydrogen (secondary N) is 2. The quantitative estimate of drug-likeness (QED) is 0.689. The van der Waals surface area contributed by atoms with Crippen LogP contribution in [0, 0.1) is 12.7 Å². The van der Waals surface area contributed by atoms with Crippen LogP contribution in [-0.4, -0.2) is 9.97 Å². The molecule has 3 rings (SSSR count). The fourth-order valence-electron chi connectivity index (χ4n) is 1.75. The number of aromatic amines is 1. The molecule has 7 heteroatoms. The van der Waals surface area contributed by atoms with Crippen LogP contribution in [-0.2, 0) is 0 Å². The standard InChI is InChI=1S/C12H8Cl2FN3S/c1-5-9(11(14)19-10(5)13)18-12-16-7-3-2-6(15)4-8(7)17-12/h2-4H,1H3,(H2,16,17,18). The fraction of sp³-hybridized carbons (Fsp3) is 0.0833. The summed E-state index contributed by atoms with van der Waals surface area (Å²) in [7, 11) is 0. The number of hydrogen-bond acceptors (Lipinski definition) is 3. The molecule has 2 N–H and O–H groups in total. The molecular formula is C12H8Cl2FN3S. The summed E-state index contributed by atoms with van der Waals surface area (Å²) >= 11 is 13.4. The maximum atomic E-state index is 13.1. The highest BCUT2D eigenvalue weighted by molar-refractivity contribution is 7.20. The molecule has 3 nitrogen and oxygen atoms in total.